The molecule has 26 heavy (non-hydrogen) atoms. The Balaban J connectivity index is 1.67. The van der Waals surface area contributed by atoms with Crippen LogP contribution in [0.2, 0.25) is 0 Å². The zero-order valence-corrected chi connectivity index (χ0v) is 14.0. The highest BCUT2D eigenvalue weighted by Crippen LogP contribution is 2.19. The molecule has 0 saturated carbocycles. The van der Waals surface area contributed by atoms with Gasteiger partial charge in [-0.2, -0.15) is 5.10 Å². The Labute approximate surface area is 149 Å². The summed E-state index contributed by atoms with van der Waals surface area (Å²) < 4.78 is 27.9. The largest absolute Gasteiger partial charge is 0.340 e. The molecule has 1 amide bonds. The maximum Gasteiger partial charge on any atom is 0.270 e. The predicted molar refractivity (Wildman–Crippen MR) is 94.2 cm³/mol. The Kier molecular flexibility index (Phi) is 5.09. The Morgan fingerprint density at radius 3 is 2.62 bits per heavy atom. The molecule has 0 spiro atoms. The predicted octanol–water partition coefficient (Wildman–Crippen LogP) is 3.15. The molecule has 4 nitrogen and oxygen atoms in total. The first-order valence-electron chi connectivity index (χ1n) is 7.86. The number of hydrogen-bond donors (Lipinski definition) is 1. The van der Waals surface area contributed by atoms with E-state index in [1.165, 1.54) is 22.9 Å². The fourth-order valence-corrected chi connectivity index (χ4v) is 2.36. The maximum absolute atomic E-state index is 13.5. The molecule has 130 valence electrons. The van der Waals surface area contributed by atoms with Gasteiger partial charge in [-0.3, -0.25) is 9.48 Å². The van der Waals surface area contributed by atoms with E-state index in [2.05, 4.69) is 22.3 Å². The Morgan fingerprint density at radius 2 is 1.88 bits per heavy atom. The second kappa shape index (κ2) is 7.62. The van der Waals surface area contributed by atoms with Crippen molar-refractivity contribution in [2.24, 2.45) is 7.05 Å². The van der Waals surface area contributed by atoms with Crippen molar-refractivity contribution < 1.29 is 13.6 Å². The van der Waals surface area contributed by atoms with Gasteiger partial charge in [0.25, 0.3) is 5.91 Å². The average Bonchev–Trinajstić information content (AvgIpc) is 3.02. The number of aromatic nitrogens is 2. The summed E-state index contributed by atoms with van der Waals surface area (Å²) in [6, 6.07) is 13.7. The summed E-state index contributed by atoms with van der Waals surface area (Å²) in [4.78, 5) is 12.3. The lowest BCUT2D eigenvalue weighted by Gasteiger charge is -2.00. The minimum atomic E-state index is -0.401. The highest BCUT2D eigenvalue weighted by molar-refractivity contribution is 5.93. The van der Waals surface area contributed by atoms with Gasteiger partial charge in [0.1, 0.15) is 17.3 Å². The van der Waals surface area contributed by atoms with Gasteiger partial charge < -0.3 is 5.32 Å². The van der Waals surface area contributed by atoms with Gasteiger partial charge in [-0.15, -0.1) is 0 Å². The van der Waals surface area contributed by atoms with E-state index in [0.717, 1.165) is 0 Å². The summed E-state index contributed by atoms with van der Waals surface area (Å²) in [6.07, 6.45) is 0. The molecular weight excluding hydrogens is 336 g/mol. The van der Waals surface area contributed by atoms with E-state index in [-0.39, 0.29) is 23.8 Å². The summed E-state index contributed by atoms with van der Waals surface area (Å²) in [6.45, 7) is 0.0736. The third-order valence-corrected chi connectivity index (χ3v) is 3.69. The SMILES string of the molecule is Cn1nc(-c2ccc(F)cc2)cc1C(=O)NCC#Cc1ccccc1F. The third kappa shape index (κ3) is 3.95. The van der Waals surface area contributed by atoms with Crippen LogP contribution in [-0.2, 0) is 7.05 Å². The van der Waals surface area contributed by atoms with Crippen molar-refractivity contribution >= 4 is 5.91 Å². The molecule has 3 aromatic rings. The van der Waals surface area contributed by atoms with E-state index < -0.39 is 5.82 Å². The first-order chi connectivity index (χ1) is 12.5. The summed E-state index contributed by atoms with van der Waals surface area (Å²) in [7, 11) is 1.65. The molecular formula is C20H15F2N3O. The molecule has 1 heterocycles. The molecule has 0 bridgehead atoms. The number of amides is 1. The molecule has 0 saturated heterocycles. The van der Waals surface area contributed by atoms with E-state index in [0.29, 0.717) is 17.0 Å². The number of nitrogens with one attached hydrogen (secondary N) is 1. The number of carbonyl (C=O) groups excluding carboxylic acids is 1. The number of halogens is 2. The lowest BCUT2D eigenvalue weighted by molar-refractivity contribution is 0.0949. The van der Waals surface area contributed by atoms with Crippen molar-refractivity contribution in [3.8, 4) is 23.1 Å². The number of rotatable bonds is 3. The Morgan fingerprint density at radius 1 is 1.15 bits per heavy atom. The molecule has 0 aliphatic rings. The second-order valence-corrected chi connectivity index (χ2v) is 5.51. The van der Waals surface area contributed by atoms with Crippen LogP contribution >= 0.6 is 0 Å². The average molecular weight is 351 g/mol. The normalized spacial score (nSPS) is 10.1. The lowest BCUT2D eigenvalue weighted by atomic mass is 10.1. The lowest BCUT2D eigenvalue weighted by Crippen LogP contribution is -2.25. The van der Waals surface area contributed by atoms with Gasteiger partial charge in [0.2, 0.25) is 0 Å². The van der Waals surface area contributed by atoms with Gasteiger partial charge in [0, 0.05) is 12.6 Å². The van der Waals surface area contributed by atoms with Gasteiger partial charge in [0.05, 0.1) is 17.8 Å². The maximum atomic E-state index is 13.5. The van der Waals surface area contributed by atoms with Crippen LogP contribution in [0, 0.1) is 23.5 Å². The molecule has 1 N–H and O–H groups in total. The monoisotopic (exact) mass is 351 g/mol. The number of benzene rings is 2. The van der Waals surface area contributed by atoms with Crippen LogP contribution in [0.4, 0.5) is 8.78 Å². The fraction of sp³-hybridized carbons (Fsp3) is 0.100. The first kappa shape index (κ1) is 17.4. The van der Waals surface area contributed by atoms with Gasteiger partial charge >= 0.3 is 0 Å². The van der Waals surface area contributed by atoms with Gasteiger partial charge in [-0.05, 0) is 42.5 Å². The van der Waals surface area contributed by atoms with Crippen molar-refractivity contribution in [2.75, 3.05) is 6.54 Å². The van der Waals surface area contributed by atoms with Crippen molar-refractivity contribution in [3.05, 3.63) is 77.5 Å². The zero-order chi connectivity index (χ0) is 18.5. The minimum Gasteiger partial charge on any atom is -0.340 e. The highest BCUT2D eigenvalue weighted by atomic mass is 19.1. The van der Waals surface area contributed by atoms with Crippen LogP contribution in [0.15, 0.2) is 54.6 Å². The topological polar surface area (TPSA) is 46.9 Å². The number of hydrogen-bond acceptors (Lipinski definition) is 2. The van der Waals surface area contributed by atoms with Crippen molar-refractivity contribution in [1.29, 1.82) is 0 Å². The molecule has 0 atom stereocenters. The molecule has 0 aliphatic heterocycles. The Bertz CT molecular complexity index is 998. The van der Waals surface area contributed by atoms with Crippen LogP contribution in [0.3, 0.4) is 0 Å². The summed E-state index contributed by atoms with van der Waals surface area (Å²) in [5, 5.41) is 6.91. The van der Waals surface area contributed by atoms with E-state index in [9.17, 15) is 13.6 Å². The van der Waals surface area contributed by atoms with Gasteiger partial charge in [-0.1, -0.05) is 24.0 Å². The van der Waals surface area contributed by atoms with Gasteiger partial charge in [-0.25, -0.2) is 8.78 Å². The standard InChI is InChI=1S/C20H15F2N3O/c1-25-19(13-18(24-25)15-8-10-16(21)11-9-15)20(26)23-12-4-6-14-5-2-3-7-17(14)22/h2-3,5,7-11,13H,12H2,1H3,(H,23,26). The highest BCUT2D eigenvalue weighted by Gasteiger charge is 2.13. The van der Waals surface area contributed by atoms with Crippen LogP contribution in [-0.4, -0.2) is 22.2 Å². The van der Waals surface area contributed by atoms with E-state index in [1.54, 1.807) is 43.4 Å². The van der Waals surface area contributed by atoms with Crippen LogP contribution in [0.5, 0.6) is 0 Å². The summed E-state index contributed by atoms with van der Waals surface area (Å²) in [5.74, 6) is 4.30. The Hall–Kier alpha value is -3.46. The molecule has 2 aromatic carbocycles. The number of carbonyl (C=O) groups is 1. The zero-order valence-electron chi connectivity index (χ0n) is 14.0. The van der Waals surface area contributed by atoms with E-state index in [4.69, 9.17) is 0 Å². The van der Waals surface area contributed by atoms with E-state index in [1.807, 2.05) is 0 Å². The summed E-state index contributed by atoms with van der Waals surface area (Å²) >= 11 is 0. The number of nitrogens with zero attached hydrogens (tertiary/aromatic N) is 2. The molecule has 0 aliphatic carbocycles. The fourth-order valence-electron chi connectivity index (χ4n) is 2.36. The van der Waals surface area contributed by atoms with Crippen molar-refractivity contribution in [3.63, 3.8) is 0 Å². The molecule has 0 fully saturated rings. The van der Waals surface area contributed by atoms with Crippen molar-refractivity contribution in [1.82, 2.24) is 15.1 Å². The minimum absolute atomic E-state index is 0.0736. The summed E-state index contributed by atoms with van der Waals surface area (Å²) in [5.41, 5.74) is 1.90. The smallest absolute Gasteiger partial charge is 0.270 e. The van der Waals surface area contributed by atoms with Crippen LogP contribution in [0.1, 0.15) is 16.1 Å². The van der Waals surface area contributed by atoms with Gasteiger partial charge in [0.15, 0.2) is 0 Å². The molecule has 1 aromatic heterocycles. The molecule has 0 unspecified atom stereocenters. The molecule has 6 heteroatoms. The van der Waals surface area contributed by atoms with Crippen LogP contribution < -0.4 is 5.32 Å². The third-order valence-electron chi connectivity index (χ3n) is 3.69. The molecule has 3 rings (SSSR count). The number of aryl methyl sites for hydroxylation is 1. The van der Waals surface area contributed by atoms with Crippen LogP contribution in [0.25, 0.3) is 11.3 Å². The van der Waals surface area contributed by atoms with Crippen molar-refractivity contribution in [2.45, 2.75) is 0 Å². The quantitative estimate of drug-likeness (QED) is 0.737. The molecule has 0 radical (unpaired) electrons. The van der Waals surface area contributed by atoms with E-state index >= 15 is 0 Å². The second-order valence-electron chi connectivity index (χ2n) is 5.51. The first-order valence-corrected chi connectivity index (χ1v) is 7.86.